The average Bonchev–Trinajstić information content (AvgIpc) is 2.93. The lowest BCUT2D eigenvalue weighted by molar-refractivity contribution is -0.120. The average molecular weight is 350 g/mol. The van der Waals surface area contributed by atoms with Gasteiger partial charge >= 0.3 is 0 Å². The number of carbonyl (C=O) groups is 1. The second-order valence-electron chi connectivity index (χ2n) is 6.67. The van der Waals surface area contributed by atoms with E-state index in [4.69, 9.17) is 9.47 Å². The quantitative estimate of drug-likeness (QED) is 0.787. The maximum absolute atomic E-state index is 12.3. The zero-order valence-electron chi connectivity index (χ0n) is 15.0. The van der Waals surface area contributed by atoms with Crippen molar-refractivity contribution in [1.82, 2.24) is 9.88 Å². The van der Waals surface area contributed by atoms with Crippen molar-refractivity contribution in [1.29, 1.82) is 0 Å². The Kier molecular flexibility index (Phi) is 4.29. The predicted octanol–water partition coefficient (Wildman–Crippen LogP) is 3.12. The number of ether oxygens (including phenoxy) is 2. The van der Waals surface area contributed by atoms with Crippen molar-refractivity contribution in [3.8, 4) is 11.5 Å². The van der Waals surface area contributed by atoms with Crippen molar-refractivity contribution >= 4 is 16.8 Å². The Morgan fingerprint density at radius 1 is 1.04 bits per heavy atom. The number of aromatic nitrogens is 1. The molecule has 1 aromatic heterocycles. The number of nitrogens with one attached hydrogen (secondary N) is 1. The topological polar surface area (TPSA) is 52.5 Å². The maximum atomic E-state index is 12.3. The highest BCUT2D eigenvalue weighted by atomic mass is 16.6. The fourth-order valence-electron chi connectivity index (χ4n) is 3.29. The largest absolute Gasteiger partial charge is 0.486 e. The van der Waals surface area contributed by atoms with Gasteiger partial charge in [0, 0.05) is 30.2 Å². The third-order valence-corrected chi connectivity index (χ3v) is 4.81. The van der Waals surface area contributed by atoms with Crippen LogP contribution in [0.5, 0.6) is 11.5 Å². The molecule has 5 nitrogen and oxygen atoms in total. The molecule has 2 aromatic carbocycles. The Hall–Kier alpha value is -2.95. The molecule has 0 radical (unpaired) electrons. The van der Waals surface area contributed by atoms with Gasteiger partial charge in [0.1, 0.15) is 13.2 Å². The number of aryl methyl sites for hydroxylation is 2. The lowest BCUT2D eigenvalue weighted by Gasteiger charge is -2.18. The molecule has 1 aliphatic rings. The highest BCUT2D eigenvalue weighted by Crippen LogP contribution is 2.30. The SMILES string of the molecule is Cc1cc2cc(CNC(=O)Cc3ccc4c(c3)OCCO4)ccc2n1C. The summed E-state index contributed by atoms with van der Waals surface area (Å²) in [6.45, 7) is 3.73. The summed E-state index contributed by atoms with van der Waals surface area (Å²) in [5.74, 6) is 1.45. The van der Waals surface area contributed by atoms with Gasteiger partial charge in [-0.1, -0.05) is 12.1 Å². The van der Waals surface area contributed by atoms with Crippen molar-refractivity contribution < 1.29 is 14.3 Å². The molecular weight excluding hydrogens is 328 g/mol. The van der Waals surface area contributed by atoms with Crippen LogP contribution < -0.4 is 14.8 Å². The molecule has 3 aromatic rings. The highest BCUT2D eigenvalue weighted by molar-refractivity contribution is 5.82. The van der Waals surface area contributed by atoms with E-state index in [9.17, 15) is 4.79 Å². The lowest BCUT2D eigenvalue weighted by atomic mass is 10.1. The van der Waals surface area contributed by atoms with Gasteiger partial charge in [0.15, 0.2) is 11.5 Å². The van der Waals surface area contributed by atoms with E-state index in [-0.39, 0.29) is 5.91 Å². The lowest BCUT2D eigenvalue weighted by Crippen LogP contribution is -2.24. The van der Waals surface area contributed by atoms with Gasteiger partial charge in [0.05, 0.1) is 6.42 Å². The minimum absolute atomic E-state index is 0.00832. The standard InChI is InChI=1S/C21H22N2O3/c1-14-9-17-10-16(3-5-18(17)23(14)2)13-22-21(24)12-15-4-6-19-20(11-15)26-8-7-25-19/h3-6,9-11H,7-8,12-13H2,1-2H3,(H,22,24). The van der Waals surface area contributed by atoms with Crippen LogP contribution in [-0.2, 0) is 24.8 Å². The Morgan fingerprint density at radius 3 is 2.65 bits per heavy atom. The monoisotopic (exact) mass is 350 g/mol. The van der Waals surface area contributed by atoms with E-state index in [1.807, 2.05) is 18.2 Å². The molecule has 0 bridgehead atoms. The first kappa shape index (κ1) is 16.5. The number of amides is 1. The molecule has 4 rings (SSSR count). The molecule has 1 N–H and O–H groups in total. The summed E-state index contributed by atoms with van der Waals surface area (Å²) in [6, 6.07) is 14.1. The first-order chi connectivity index (χ1) is 12.6. The minimum Gasteiger partial charge on any atom is -0.486 e. The van der Waals surface area contributed by atoms with Crippen molar-refractivity contribution in [2.24, 2.45) is 7.05 Å². The molecule has 0 saturated heterocycles. The number of carbonyl (C=O) groups excluding carboxylic acids is 1. The highest BCUT2D eigenvalue weighted by Gasteiger charge is 2.13. The summed E-state index contributed by atoms with van der Waals surface area (Å²) >= 11 is 0. The maximum Gasteiger partial charge on any atom is 0.224 e. The van der Waals surface area contributed by atoms with Crippen molar-refractivity contribution in [3.63, 3.8) is 0 Å². The summed E-state index contributed by atoms with van der Waals surface area (Å²) in [6.07, 6.45) is 0.323. The van der Waals surface area contributed by atoms with Crippen LogP contribution in [0.15, 0.2) is 42.5 Å². The molecule has 0 fully saturated rings. The van der Waals surface area contributed by atoms with Crippen LogP contribution in [0.4, 0.5) is 0 Å². The molecule has 0 saturated carbocycles. The molecule has 2 heterocycles. The third-order valence-electron chi connectivity index (χ3n) is 4.81. The molecule has 0 aliphatic carbocycles. The van der Waals surface area contributed by atoms with Crippen LogP contribution in [0.25, 0.3) is 10.9 Å². The first-order valence-corrected chi connectivity index (χ1v) is 8.80. The van der Waals surface area contributed by atoms with Crippen molar-refractivity contribution in [3.05, 3.63) is 59.3 Å². The van der Waals surface area contributed by atoms with Crippen molar-refractivity contribution in [2.75, 3.05) is 13.2 Å². The van der Waals surface area contributed by atoms with Crippen LogP contribution >= 0.6 is 0 Å². The zero-order valence-corrected chi connectivity index (χ0v) is 15.0. The number of hydrogen-bond donors (Lipinski definition) is 1. The van der Waals surface area contributed by atoms with Gasteiger partial charge in [0.2, 0.25) is 5.91 Å². The number of fused-ring (bicyclic) bond motifs is 2. The molecule has 26 heavy (non-hydrogen) atoms. The number of rotatable bonds is 4. The Balaban J connectivity index is 1.39. The van der Waals surface area contributed by atoms with E-state index in [2.05, 4.69) is 48.1 Å². The molecule has 134 valence electrons. The second-order valence-corrected chi connectivity index (χ2v) is 6.67. The number of benzene rings is 2. The molecule has 1 amide bonds. The van der Waals surface area contributed by atoms with E-state index < -0.39 is 0 Å². The minimum atomic E-state index is -0.00832. The number of nitrogens with zero attached hydrogens (tertiary/aromatic N) is 1. The Labute approximate surface area is 152 Å². The third kappa shape index (κ3) is 3.25. The van der Waals surface area contributed by atoms with E-state index in [1.165, 1.54) is 16.6 Å². The van der Waals surface area contributed by atoms with E-state index in [0.717, 1.165) is 16.9 Å². The molecule has 1 aliphatic heterocycles. The summed E-state index contributed by atoms with van der Waals surface area (Å²) in [7, 11) is 2.06. The van der Waals surface area contributed by atoms with Gasteiger partial charge in [-0.2, -0.15) is 0 Å². The summed E-state index contributed by atoms with van der Waals surface area (Å²) in [5, 5.41) is 4.19. The van der Waals surface area contributed by atoms with Gasteiger partial charge in [-0.15, -0.1) is 0 Å². The van der Waals surface area contributed by atoms with Gasteiger partial charge < -0.3 is 19.4 Å². The molecule has 0 spiro atoms. The zero-order chi connectivity index (χ0) is 18.1. The van der Waals surface area contributed by atoms with Crippen LogP contribution in [0.2, 0.25) is 0 Å². The first-order valence-electron chi connectivity index (χ1n) is 8.80. The van der Waals surface area contributed by atoms with Crippen LogP contribution in [0, 0.1) is 6.92 Å². The van der Waals surface area contributed by atoms with Crippen molar-refractivity contribution in [2.45, 2.75) is 19.9 Å². The molecule has 0 atom stereocenters. The van der Waals surface area contributed by atoms with Crippen LogP contribution in [-0.4, -0.2) is 23.7 Å². The van der Waals surface area contributed by atoms with Gasteiger partial charge in [0.25, 0.3) is 0 Å². The number of hydrogen-bond acceptors (Lipinski definition) is 3. The van der Waals surface area contributed by atoms with Gasteiger partial charge in [-0.25, -0.2) is 0 Å². The summed E-state index contributed by atoms with van der Waals surface area (Å²) < 4.78 is 13.2. The summed E-state index contributed by atoms with van der Waals surface area (Å²) in [5.41, 5.74) is 4.44. The second kappa shape index (κ2) is 6.75. The van der Waals surface area contributed by atoms with Gasteiger partial charge in [-0.3, -0.25) is 4.79 Å². The molecule has 0 unspecified atom stereocenters. The van der Waals surface area contributed by atoms with E-state index in [1.54, 1.807) is 0 Å². The smallest absolute Gasteiger partial charge is 0.224 e. The Bertz CT molecular complexity index is 975. The van der Waals surface area contributed by atoms with Crippen LogP contribution in [0.3, 0.4) is 0 Å². The fraction of sp³-hybridized carbons (Fsp3) is 0.286. The van der Waals surface area contributed by atoms with E-state index in [0.29, 0.717) is 31.9 Å². The normalized spacial score (nSPS) is 13.0. The summed E-state index contributed by atoms with van der Waals surface area (Å²) in [4.78, 5) is 12.3. The molecule has 5 heteroatoms. The fourth-order valence-corrected chi connectivity index (χ4v) is 3.29. The van der Waals surface area contributed by atoms with Crippen LogP contribution in [0.1, 0.15) is 16.8 Å². The Morgan fingerprint density at radius 2 is 1.81 bits per heavy atom. The van der Waals surface area contributed by atoms with E-state index >= 15 is 0 Å². The predicted molar refractivity (Wildman–Crippen MR) is 101 cm³/mol. The molecular formula is C21H22N2O3. The van der Waals surface area contributed by atoms with Gasteiger partial charge in [-0.05, 0) is 48.4 Å².